The van der Waals surface area contributed by atoms with Gasteiger partial charge in [-0.15, -0.1) is 0 Å². The van der Waals surface area contributed by atoms with Crippen molar-refractivity contribution in [1.29, 1.82) is 0 Å². The van der Waals surface area contributed by atoms with Gasteiger partial charge < -0.3 is 14.4 Å². The molecule has 0 saturated carbocycles. The number of para-hydroxylation sites is 1. The van der Waals surface area contributed by atoms with E-state index in [1.165, 1.54) is 0 Å². The van der Waals surface area contributed by atoms with E-state index in [1.54, 1.807) is 0 Å². The molecule has 0 atom stereocenters. The quantitative estimate of drug-likeness (QED) is 0.871. The number of benzene rings is 2. The fourth-order valence-electron chi connectivity index (χ4n) is 2.56. The maximum atomic E-state index is 12.3. The van der Waals surface area contributed by atoms with E-state index >= 15 is 0 Å². The van der Waals surface area contributed by atoms with Gasteiger partial charge in [-0.05, 0) is 30.7 Å². The van der Waals surface area contributed by atoms with Crippen LogP contribution < -0.4 is 9.47 Å². The van der Waals surface area contributed by atoms with E-state index in [1.807, 2.05) is 60.4 Å². The lowest BCUT2D eigenvalue weighted by Gasteiger charge is -2.20. The van der Waals surface area contributed by atoms with E-state index in [-0.39, 0.29) is 12.5 Å². The highest BCUT2D eigenvalue weighted by molar-refractivity contribution is 5.78. The molecule has 3 rings (SSSR count). The zero-order valence-corrected chi connectivity index (χ0v) is 12.6. The fraction of sp³-hybridized carbons (Fsp3) is 0.278. The largest absolute Gasteiger partial charge is 0.494 e. The third-order valence-electron chi connectivity index (χ3n) is 3.62. The molecule has 2 aromatic carbocycles. The van der Waals surface area contributed by atoms with E-state index < -0.39 is 0 Å². The summed E-state index contributed by atoms with van der Waals surface area (Å²) in [6.07, 6.45) is 0. The second kappa shape index (κ2) is 6.52. The summed E-state index contributed by atoms with van der Waals surface area (Å²) in [5.74, 6) is 1.62. The fourth-order valence-corrected chi connectivity index (χ4v) is 2.56. The van der Waals surface area contributed by atoms with E-state index in [2.05, 4.69) is 0 Å². The third kappa shape index (κ3) is 3.22. The van der Waals surface area contributed by atoms with Crippen LogP contribution in [0.5, 0.6) is 11.5 Å². The van der Waals surface area contributed by atoms with Crippen molar-refractivity contribution >= 4 is 5.91 Å². The van der Waals surface area contributed by atoms with E-state index in [4.69, 9.17) is 9.47 Å². The molecule has 0 unspecified atom stereocenters. The van der Waals surface area contributed by atoms with Crippen LogP contribution in [0.15, 0.2) is 48.5 Å². The Morgan fingerprint density at radius 2 is 2.05 bits per heavy atom. The Morgan fingerprint density at radius 3 is 2.91 bits per heavy atom. The molecule has 0 fully saturated rings. The van der Waals surface area contributed by atoms with Crippen molar-refractivity contribution in [2.24, 2.45) is 0 Å². The lowest BCUT2D eigenvalue weighted by atomic mass is 10.1. The van der Waals surface area contributed by atoms with Gasteiger partial charge in [-0.25, -0.2) is 0 Å². The molecule has 0 aromatic heterocycles. The average molecular weight is 297 g/mol. The summed E-state index contributed by atoms with van der Waals surface area (Å²) in [7, 11) is 0. The van der Waals surface area contributed by atoms with Crippen LogP contribution >= 0.6 is 0 Å². The Balaban J connectivity index is 1.79. The maximum absolute atomic E-state index is 12.3. The zero-order chi connectivity index (χ0) is 15.4. The Bertz CT molecular complexity index is 669. The highest BCUT2D eigenvalue weighted by Gasteiger charge is 2.21. The molecule has 2 aromatic rings. The normalized spacial score (nSPS) is 14.0. The maximum Gasteiger partial charge on any atom is 0.261 e. The predicted molar refractivity (Wildman–Crippen MR) is 83.8 cm³/mol. The summed E-state index contributed by atoms with van der Waals surface area (Å²) in [6, 6.07) is 15.7. The predicted octanol–water partition coefficient (Wildman–Crippen LogP) is 3.01. The number of fused-ring (bicyclic) bond motifs is 1. The monoisotopic (exact) mass is 297 g/mol. The molecule has 0 radical (unpaired) electrons. The van der Waals surface area contributed by atoms with Crippen LogP contribution in [-0.2, 0) is 17.9 Å². The van der Waals surface area contributed by atoms with Crippen LogP contribution in [0.4, 0.5) is 0 Å². The minimum absolute atomic E-state index is 0.00184. The number of carbonyl (C=O) groups excluding carboxylic acids is 1. The molecule has 1 amide bonds. The van der Waals surface area contributed by atoms with Crippen LogP contribution in [-0.4, -0.2) is 24.0 Å². The minimum Gasteiger partial charge on any atom is -0.494 e. The molecular formula is C18H19NO3. The molecule has 0 bridgehead atoms. The van der Waals surface area contributed by atoms with Crippen molar-refractivity contribution in [3.8, 4) is 11.5 Å². The minimum atomic E-state index is -0.00184. The van der Waals surface area contributed by atoms with Crippen molar-refractivity contribution in [2.45, 2.75) is 20.0 Å². The van der Waals surface area contributed by atoms with Crippen LogP contribution in [0.3, 0.4) is 0 Å². The molecule has 1 aliphatic heterocycles. The molecule has 0 aliphatic carbocycles. The molecule has 114 valence electrons. The van der Waals surface area contributed by atoms with Gasteiger partial charge in [0.2, 0.25) is 0 Å². The Labute approximate surface area is 130 Å². The van der Waals surface area contributed by atoms with Crippen molar-refractivity contribution in [3.63, 3.8) is 0 Å². The zero-order valence-electron chi connectivity index (χ0n) is 12.6. The van der Waals surface area contributed by atoms with Gasteiger partial charge in [-0.3, -0.25) is 4.79 Å². The summed E-state index contributed by atoms with van der Waals surface area (Å²) < 4.78 is 11.1. The number of rotatable bonds is 4. The van der Waals surface area contributed by atoms with Gasteiger partial charge in [0.1, 0.15) is 11.5 Å². The van der Waals surface area contributed by atoms with Crippen molar-refractivity contribution in [1.82, 2.24) is 4.90 Å². The van der Waals surface area contributed by atoms with Crippen LogP contribution in [0.1, 0.15) is 18.1 Å². The molecule has 1 heterocycles. The van der Waals surface area contributed by atoms with Crippen molar-refractivity contribution < 1.29 is 14.3 Å². The topological polar surface area (TPSA) is 38.8 Å². The van der Waals surface area contributed by atoms with Crippen LogP contribution in [0.25, 0.3) is 0 Å². The summed E-state index contributed by atoms with van der Waals surface area (Å²) in [4.78, 5) is 14.1. The Morgan fingerprint density at radius 1 is 1.18 bits per heavy atom. The number of nitrogens with zero attached hydrogens (tertiary/aromatic N) is 1. The number of hydrogen-bond donors (Lipinski definition) is 0. The summed E-state index contributed by atoms with van der Waals surface area (Å²) in [5.41, 5.74) is 2.09. The lowest BCUT2D eigenvalue weighted by Crippen LogP contribution is -2.31. The molecule has 0 saturated heterocycles. The Hall–Kier alpha value is -2.49. The highest BCUT2D eigenvalue weighted by atomic mass is 16.5. The third-order valence-corrected chi connectivity index (χ3v) is 3.62. The van der Waals surface area contributed by atoms with Gasteiger partial charge in [0, 0.05) is 18.7 Å². The molecule has 0 N–H and O–H groups in total. The summed E-state index contributed by atoms with van der Waals surface area (Å²) in [6.45, 7) is 3.79. The molecule has 4 heteroatoms. The summed E-state index contributed by atoms with van der Waals surface area (Å²) in [5, 5.41) is 0. The number of amides is 1. The molecule has 0 spiro atoms. The van der Waals surface area contributed by atoms with Gasteiger partial charge >= 0.3 is 0 Å². The van der Waals surface area contributed by atoms with Gasteiger partial charge in [0.25, 0.3) is 5.91 Å². The Kier molecular flexibility index (Phi) is 4.28. The number of carbonyl (C=O) groups is 1. The first-order valence-corrected chi connectivity index (χ1v) is 7.46. The summed E-state index contributed by atoms with van der Waals surface area (Å²) >= 11 is 0. The molecule has 1 aliphatic rings. The van der Waals surface area contributed by atoms with E-state index in [9.17, 15) is 4.79 Å². The van der Waals surface area contributed by atoms with Gasteiger partial charge in [0.15, 0.2) is 6.61 Å². The smallest absolute Gasteiger partial charge is 0.261 e. The van der Waals surface area contributed by atoms with Crippen LogP contribution in [0.2, 0.25) is 0 Å². The van der Waals surface area contributed by atoms with Crippen LogP contribution in [0, 0.1) is 0 Å². The van der Waals surface area contributed by atoms with E-state index in [0.29, 0.717) is 19.7 Å². The highest BCUT2D eigenvalue weighted by Crippen LogP contribution is 2.24. The van der Waals surface area contributed by atoms with Gasteiger partial charge in [-0.1, -0.05) is 30.3 Å². The van der Waals surface area contributed by atoms with Crippen molar-refractivity contribution in [2.75, 3.05) is 13.2 Å². The van der Waals surface area contributed by atoms with Crippen molar-refractivity contribution in [3.05, 3.63) is 59.7 Å². The lowest BCUT2D eigenvalue weighted by molar-refractivity contribution is -0.133. The molecule has 4 nitrogen and oxygen atoms in total. The number of ether oxygens (including phenoxy) is 2. The van der Waals surface area contributed by atoms with E-state index in [0.717, 1.165) is 22.6 Å². The SMILES string of the molecule is CCOc1cccc(CN2Cc3ccccc3OCC2=O)c1. The standard InChI is InChI=1S/C18H19NO3/c1-2-21-16-8-5-6-14(10-16)11-19-12-15-7-3-4-9-17(15)22-13-18(19)20/h3-10H,2,11-13H2,1H3. The first-order valence-electron chi connectivity index (χ1n) is 7.46. The average Bonchev–Trinajstić information content (AvgIpc) is 2.68. The number of hydrogen-bond acceptors (Lipinski definition) is 3. The second-order valence-corrected chi connectivity index (χ2v) is 5.23. The molecular weight excluding hydrogens is 278 g/mol. The van der Waals surface area contributed by atoms with Gasteiger partial charge in [-0.2, -0.15) is 0 Å². The molecule has 22 heavy (non-hydrogen) atoms. The second-order valence-electron chi connectivity index (χ2n) is 5.23. The first kappa shape index (κ1) is 14.4. The first-order chi connectivity index (χ1) is 10.8. The van der Waals surface area contributed by atoms with Gasteiger partial charge in [0.05, 0.1) is 6.61 Å².